The van der Waals surface area contributed by atoms with Crippen LogP contribution in [0.3, 0.4) is 0 Å². The molecule has 20 heavy (non-hydrogen) atoms. The molecule has 2 aliphatic heterocycles. The van der Waals surface area contributed by atoms with Crippen LogP contribution in [0.4, 0.5) is 5.82 Å². The number of thioether (sulfide) groups is 1. The molecule has 2 saturated heterocycles. The minimum atomic E-state index is 0.828. The number of fused-ring (bicyclic) bond motifs is 1. The summed E-state index contributed by atoms with van der Waals surface area (Å²) in [5, 5.41) is 1.32. The second kappa shape index (κ2) is 5.54. The maximum absolute atomic E-state index is 4.69. The minimum absolute atomic E-state index is 0.828. The molecule has 0 bridgehead atoms. The van der Waals surface area contributed by atoms with E-state index in [9.17, 15) is 0 Å². The molecule has 0 unspecified atom stereocenters. The molecule has 2 aromatic rings. The van der Waals surface area contributed by atoms with Gasteiger partial charge in [-0.15, -0.1) is 0 Å². The molecular formula is C15H19N3S2. The average molecular weight is 305 g/mol. The van der Waals surface area contributed by atoms with Crippen molar-refractivity contribution in [2.75, 3.05) is 42.6 Å². The SMILES string of the molecule is c1ccc2c(N3CCN([C@@H]4CCSC4)CC3)nsc2c1. The highest BCUT2D eigenvalue weighted by atomic mass is 32.2. The molecule has 0 amide bonds. The molecule has 0 aliphatic carbocycles. The van der Waals surface area contributed by atoms with E-state index >= 15 is 0 Å². The van der Waals surface area contributed by atoms with Crippen LogP contribution in [0.1, 0.15) is 6.42 Å². The van der Waals surface area contributed by atoms with E-state index in [1.54, 1.807) is 11.5 Å². The van der Waals surface area contributed by atoms with Gasteiger partial charge >= 0.3 is 0 Å². The first-order valence-corrected chi connectivity index (χ1v) is 9.26. The highest BCUT2D eigenvalue weighted by Crippen LogP contribution is 2.30. The molecule has 1 atom stereocenters. The van der Waals surface area contributed by atoms with E-state index < -0.39 is 0 Å². The van der Waals surface area contributed by atoms with Crippen molar-refractivity contribution >= 4 is 39.2 Å². The lowest BCUT2D eigenvalue weighted by Gasteiger charge is -2.38. The van der Waals surface area contributed by atoms with Gasteiger partial charge in [0.2, 0.25) is 0 Å². The molecule has 3 heterocycles. The maximum Gasteiger partial charge on any atom is 0.150 e. The predicted octanol–water partition coefficient (Wildman–Crippen LogP) is 2.92. The Balaban J connectivity index is 1.48. The summed E-state index contributed by atoms with van der Waals surface area (Å²) in [5.74, 6) is 3.88. The molecule has 0 radical (unpaired) electrons. The Morgan fingerprint density at radius 3 is 2.75 bits per heavy atom. The van der Waals surface area contributed by atoms with Gasteiger partial charge in [-0.05, 0) is 35.8 Å². The van der Waals surface area contributed by atoms with Crippen molar-refractivity contribution in [2.45, 2.75) is 12.5 Å². The molecule has 2 aliphatic rings. The third kappa shape index (κ3) is 2.32. The molecule has 2 fully saturated rings. The summed E-state index contributed by atoms with van der Waals surface area (Å²) >= 11 is 3.74. The van der Waals surface area contributed by atoms with Crippen molar-refractivity contribution in [1.82, 2.24) is 9.27 Å². The first-order chi connectivity index (χ1) is 9.92. The fraction of sp³-hybridized carbons (Fsp3) is 0.533. The second-order valence-electron chi connectivity index (χ2n) is 5.54. The zero-order chi connectivity index (χ0) is 13.4. The van der Waals surface area contributed by atoms with Crippen LogP contribution in [0.2, 0.25) is 0 Å². The van der Waals surface area contributed by atoms with Gasteiger partial charge in [-0.25, -0.2) is 0 Å². The first kappa shape index (κ1) is 12.9. The van der Waals surface area contributed by atoms with Crippen LogP contribution in [0.15, 0.2) is 24.3 Å². The van der Waals surface area contributed by atoms with E-state index in [0.29, 0.717) is 0 Å². The van der Waals surface area contributed by atoms with E-state index in [-0.39, 0.29) is 0 Å². The van der Waals surface area contributed by atoms with Gasteiger partial charge in [-0.1, -0.05) is 12.1 Å². The summed E-state index contributed by atoms with van der Waals surface area (Å²) in [6.45, 7) is 4.62. The van der Waals surface area contributed by atoms with Gasteiger partial charge in [0.15, 0.2) is 0 Å². The van der Waals surface area contributed by atoms with E-state index in [0.717, 1.165) is 19.1 Å². The minimum Gasteiger partial charge on any atom is -0.353 e. The Bertz CT molecular complexity index is 584. The van der Waals surface area contributed by atoms with Crippen molar-refractivity contribution in [1.29, 1.82) is 0 Å². The number of hydrogen-bond acceptors (Lipinski definition) is 5. The van der Waals surface area contributed by atoms with Crippen LogP contribution >= 0.6 is 23.3 Å². The van der Waals surface area contributed by atoms with Gasteiger partial charge in [-0.2, -0.15) is 16.1 Å². The van der Waals surface area contributed by atoms with Gasteiger partial charge in [-0.3, -0.25) is 4.90 Å². The molecule has 1 aromatic heterocycles. The largest absolute Gasteiger partial charge is 0.353 e. The lowest BCUT2D eigenvalue weighted by Crippen LogP contribution is -2.50. The standard InChI is InChI=1S/C15H19N3S2/c1-2-4-14-13(3-1)15(16-20-14)18-8-6-17(7-9-18)12-5-10-19-11-12/h1-4,12H,5-11H2/t12-/m1/s1. The molecule has 4 rings (SSSR count). The fourth-order valence-electron chi connectivity index (χ4n) is 3.21. The Hall–Kier alpha value is -0.780. The number of nitrogens with zero attached hydrogens (tertiary/aromatic N) is 3. The summed E-state index contributed by atoms with van der Waals surface area (Å²) < 4.78 is 5.99. The predicted molar refractivity (Wildman–Crippen MR) is 89.1 cm³/mol. The van der Waals surface area contributed by atoms with Crippen LogP contribution in [0.5, 0.6) is 0 Å². The van der Waals surface area contributed by atoms with E-state index in [1.165, 1.54) is 46.9 Å². The van der Waals surface area contributed by atoms with Crippen molar-refractivity contribution in [3.05, 3.63) is 24.3 Å². The third-order valence-electron chi connectivity index (χ3n) is 4.39. The van der Waals surface area contributed by atoms with Gasteiger partial charge < -0.3 is 4.90 Å². The molecule has 3 nitrogen and oxygen atoms in total. The quantitative estimate of drug-likeness (QED) is 0.849. The van der Waals surface area contributed by atoms with E-state index in [4.69, 9.17) is 0 Å². The highest BCUT2D eigenvalue weighted by molar-refractivity contribution is 7.99. The molecule has 1 aromatic carbocycles. The zero-order valence-corrected chi connectivity index (χ0v) is 13.1. The van der Waals surface area contributed by atoms with Gasteiger partial charge in [0.1, 0.15) is 5.82 Å². The van der Waals surface area contributed by atoms with Gasteiger partial charge in [0.05, 0.1) is 4.70 Å². The number of aromatic nitrogens is 1. The normalized spacial score (nSPS) is 24.6. The smallest absolute Gasteiger partial charge is 0.150 e. The summed E-state index contributed by atoms with van der Waals surface area (Å²) in [6.07, 6.45) is 1.38. The maximum atomic E-state index is 4.69. The summed E-state index contributed by atoms with van der Waals surface area (Å²) in [5.41, 5.74) is 0. The number of anilines is 1. The Morgan fingerprint density at radius 1 is 1.10 bits per heavy atom. The fourth-order valence-corrected chi connectivity index (χ4v) is 5.26. The van der Waals surface area contributed by atoms with Crippen LogP contribution in [0, 0.1) is 0 Å². The Labute approximate surface area is 128 Å². The van der Waals surface area contributed by atoms with Gasteiger partial charge in [0.25, 0.3) is 0 Å². The van der Waals surface area contributed by atoms with Crippen LogP contribution in [-0.2, 0) is 0 Å². The molecular weight excluding hydrogens is 286 g/mol. The molecule has 106 valence electrons. The summed E-state index contributed by atoms with van der Waals surface area (Å²) in [7, 11) is 0. The lowest BCUT2D eigenvalue weighted by molar-refractivity contribution is 0.201. The Morgan fingerprint density at radius 2 is 1.95 bits per heavy atom. The molecule has 0 N–H and O–H groups in total. The topological polar surface area (TPSA) is 19.4 Å². The van der Waals surface area contributed by atoms with Crippen LogP contribution < -0.4 is 4.90 Å². The van der Waals surface area contributed by atoms with Crippen molar-refractivity contribution in [3.63, 3.8) is 0 Å². The summed E-state index contributed by atoms with van der Waals surface area (Å²) in [4.78, 5) is 5.16. The number of hydrogen-bond donors (Lipinski definition) is 0. The zero-order valence-electron chi connectivity index (χ0n) is 11.5. The number of rotatable bonds is 2. The molecule has 0 saturated carbocycles. The summed E-state index contributed by atoms with van der Waals surface area (Å²) in [6, 6.07) is 9.41. The van der Waals surface area contributed by atoms with Crippen LogP contribution in [0.25, 0.3) is 10.1 Å². The third-order valence-corrected chi connectivity index (χ3v) is 6.36. The van der Waals surface area contributed by atoms with E-state index in [2.05, 4.69) is 50.2 Å². The van der Waals surface area contributed by atoms with Crippen molar-refractivity contribution in [3.8, 4) is 0 Å². The number of benzene rings is 1. The van der Waals surface area contributed by atoms with Crippen LogP contribution in [-0.4, -0.2) is 53.0 Å². The highest BCUT2D eigenvalue weighted by Gasteiger charge is 2.27. The second-order valence-corrected chi connectivity index (χ2v) is 7.50. The molecule has 0 spiro atoms. The lowest BCUT2D eigenvalue weighted by atomic mass is 10.2. The Kier molecular flexibility index (Phi) is 3.58. The monoisotopic (exact) mass is 305 g/mol. The molecule has 5 heteroatoms. The van der Waals surface area contributed by atoms with E-state index in [1.807, 2.05) is 0 Å². The van der Waals surface area contributed by atoms with Gasteiger partial charge in [0, 0.05) is 43.4 Å². The number of piperazine rings is 1. The average Bonchev–Trinajstić information content (AvgIpc) is 3.17. The van der Waals surface area contributed by atoms with Crippen molar-refractivity contribution in [2.24, 2.45) is 0 Å². The van der Waals surface area contributed by atoms with Crippen molar-refractivity contribution < 1.29 is 0 Å². The first-order valence-electron chi connectivity index (χ1n) is 7.33.